The molecule has 1 saturated heterocycles. The molecule has 7 rings (SSSR count). The van der Waals surface area contributed by atoms with Crippen molar-refractivity contribution in [1.82, 2.24) is 35.6 Å². The molecule has 0 bridgehead atoms. The summed E-state index contributed by atoms with van der Waals surface area (Å²) >= 11 is 7.83. The van der Waals surface area contributed by atoms with Gasteiger partial charge in [-0.05, 0) is 69.9 Å². The second-order valence-corrected chi connectivity index (χ2v) is 14.7. The number of hydrogen-bond donors (Lipinski definition) is 3. The van der Waals surface area contributed by atoms with Crippen LogP contribution in [0.2, 0.25) is 5.02 Å². The first-order valence-electron chi connectivity index (χ1n) is 17.4. The van der Waals surface area contributed by atoms with Gasteiger partial charge in [-0.1, -0.05) is 29.8 Å². The highest BCUT2D eigenvalue weighted by molar-refractivity contribution is 7.15. The fourth-order valence-corrected chi connectivity index (χ4v) is 8.09. The third kappa shape index (κ3) is 6.89. The Balaban J connectivity index is 0.935. The van der Waals surface area contributed by atoms with Crippen LogP contribution in [0.1, 0.15) is 92.1 Å². The van der Waals surface area contributed by atoms with E-state index in [4.69, 9.17) is 21.3 Å². The zero-order chi connectivity index (χ0) is 38.3. The first kappa shape index (κ1) is 36.6. The fraction of sp³-hybridized carbons (Fsp3) is 0.324. The number of amides is 6. The number of hydrogen-bond acceptors (Lipinski definition) is 11. The van der Waals surface area contributed by atoms with Gasteiger partial charge in [0.05, 0.1) is 23.3 Å². The van der Waals surface area contributed by atoms with Gasteiger partial charge >= 0.3 is 6.09 Å². The topological polar surface area (TPSA) is 194 Å². The monoisotopic (exact) mass is 770 g/mol. The molecule has 3 N–H and O–H groups in total. The molecule has 4 aromatic rings. The number of nitrogens with one attached hydrogen (secondary N) is 3. The van der Waals surface area contributed by atoms with E-state index < -0.39 is 41.8 Å². The maximum absolute atomic E-state index is 13.3. The second kappa shape index (κ2) is 14.9. The van der Waals surface area contributed by atoms with Crippen LogP contribution < -0.4 is 20.7 Å². The molecular weight excluding hydrogens is 736 g/mol. The third-order valence-corrected chi connectivity index (χ3v) is 11.0. The molecule has 0 spiro atoms. The van der Waals surface area contributed by atoms with Gasteiger partial charge in [-0.3, -0.25) is 43.7 Å². The molecule has 3 aliphatic rings. The molecule has 3 aliphatic heterocycles. The minimum Gasteiger partial charge on any atom is -0.409 e. The smallest absolute Gasteiger partial charge is 0.409 e. The van der Waals surface area contributed by atoms with E-state index in [0.717, 1.165) is 37.2 Å². The Bertz CT molecular complexity index is 2260. The maximum atomic E-state index is 13.3. The van der Waals surface area contributed by atoms with Crippen LogP contribution in [0.5, 0.6) is 5.75 Å². The Morgan fingerprint density at radius 1 is 0.963 bits per heavy atom. The quantitative estimate of drug-likeness (QED) is 0.156. The number of halogens is 1. The lowest BCUT2D eigenvalue weighted by Crippen LogP contribution is -2.54. The Morgan fingerprint density at radius 3 is 2.44 bits per heavy atom. The molecular formula is C37H35ClN8O7S. The second-order valence-electron chi connectivity index (χ2n) is 13.1. The van der Waals surface area contributed by atoms with E-state index in [1.807, 2.05) is 35.8 Å². The van der Waals surface area contributed by atoms with Gasteiger partial charge in [0.1, 0.15) is 28.7 Å². The molecule has 17 heteroatoms. The minimum absolute atomic E-state index is 0.00171. The molecule has 278 valence electrons. The number of aromatic nitrogens is 3. The highest BCUT2D eigenvalue weighted by Crippen LogP contribution is 2.40. The van der Waals surface area contributed by atoms with E-state index in [1.54, 1.807) is 11.3 Å². The number of aryl methyl sites for hydroxylation is 2. The fourth-order valence-electron chi connectivity index (χ4n) is 6.75. The van der Waals surface area contributed by atoms with Gasteiger partial charge in [0.15, 0.2) is 5.82 Å². The number of carbonyl (C=O) groups excluding carboxylic acids is 6. The molecule has 6 amide bonds. The van der Waals surface area contributed by atoms with Crippen molar-refractivity contribution in [2.75, 3.05) is 13.1 Å². The number of thiophene rings is 1. The lowest BCUT2D eigenvalue weighted by Gasteiger charge is -2.27. The summed E-state index contributed by atoms with van der Waals surface area (Å²) in [6, 6.07) is 9.98. The SMILES string of the molecule is Cc1sc2c(c1C)C(c1ccc(Cl)cc1)=N[C@H](CC(=O)NCCCCNC(=O)Oc1cccc3c1C(=O)N(C1CCC(=O)NC1=O)C3=O)c1nnc(C)n1-2. The van der Waals surface area contributed by atoms with Crippen LogP contribution in [0, 0.1) is 20.8 Å². The average Bonchev–Trinajstić information content (AvgIpc) is 3.71. The molecule has 0 aliphatic carbocycles. The predicted molar refractivity (Wildman–Crippen MR) is 197 cm³/mol. The zero-order valence-electron chi connectivity index (χ0n) is 29.5. The minimum atomic E-state index is -1.14. The number of piperidine rings is 1. The van der Waals surface area contributed by atoms with Crippen LogP contribution in [0.4, 0.5) is 4.79 Å². The lowest BCUT2D eigenvalue weighted by molar-refractivity contribution is -0.136. The Hall–Kier alpha value is -5.74. The zero-order valence-corrected chi connectivity index (χ0v) is 31.1. The summed E-state index contributed by atoms with van der Waals surface area (Å²) in [5, 5.41) is 18.1. The van der Waals surface area contributed by atoms with E-state index in [-0.39, 0.29) is 48.6 Å². The molecule has 0 radical (unpaired) electrons. The summed E-state index contributed by atoms with van der Waals surface area (Å²) in [6.07, 6.45) is 0.225. The maximum Gasteiger partial charge on any atom is 0.412 e. The van der Waals surface area contributed by atoms with Gasteiger partial charge in [-0.25, -0.2) is 4.79 Å². The van der Waals surface area contributed by atoms with E-state index >= 15 is 0 Å². The van der Waals surface area contributed by atoms with Crippen molar-refractivity contribution in [3.8, 4) is 10.8 Å². The van der Waals surface area contributed by atoms with Crippen molar-refractivity contribution in [2.45, 2.75) is 65.0 Å². The van der Waals surface area contributed by atoms with E-state index in [1.165, 1.54) is 18.2 Å². The number of aliphatic imine (C=N–C) groups is 1. The Morgan fingerprint density at radius 2 is 1.70 bits per heavy atom. The summed E-state index contributed by atoms with van der Waals surface area (Å²) in [5.74, 6) is -1.77. The van der Waals surface area contributed by atoms with Gasteiger partial charge in [-0.2, -0.15) is 0 Å². The van der Waals surface area contributed by atoms with Crippen LogP contribution in [0.15, 0.2) is 47.5 Å². The number of unbranched alkanes of at least 4 members (excludes halogenated alkanes) is 1. The Labute approximate surface area is 318 Å². The molecule has 5 heterocycles. The molecule has 1 unspecified atom stereocenters. The van der Waals surface area contributed by atoms with Crippen LogP contribution in [0.25, 0.3) is 5.00 Å². The van der Waals surface area contributed by atoms with Crippen molar-refractivity contribution in [3.63, 3.8) is 0 Å². The van der Waals surface area contributed by atoms with E-state index in [0.29, 0.717) is 36.1 Å². The van der Waals surface area contributed by atoms with Crippen molar-refractivity contribution < 1.29 is 33.5 Å². The van der Waals surface area contributed by atoms with Gasteiger partial charge in [0, 0.05) is 40.5 Å². The largest absolute Gasteiger partial charge is 0.412 e. The van der Waals surface area contributed by atoms with Crippen LogP contribution >= 0.6 is 22.9 Å². The van der Waals surface area contributed by atoms with Crippen molar-refractivity contribution in [2.24, 2.45) is 4.99 Å². The van der Waals surface area contributed by atoms with Gasteiger partial charge in [0.25, 0.3) is 11.8 Å². The average molecular weight is 771 g/mol. The number of carbonyl (C=O) groups is 6. The number of nitrogens with zero attached hydrogens (tertiary/aromatic N) is 5. The molecule has 2 aromatic carbocycles. The van der Waals surface area contributed by atoms with Crippen LogP contribution in [-0.2, 0) is 14.4 Å². The first-order chi connectivity index (χ1) is 25.9. The third-order valence-electron chi connectivity index (χ3n) is 9.56. The highest BCUT2D eigenvalue weighted by atomic mass is 35.5. The highest BCUT2D eigenvalue weighted by Gasteiger charge is 2.46. The Kier molecular flexibility index (Phi) is 10.1. The standard InChI is InChI=1S/C37H35ClN8O7S/c1-18-19(2)54-36-29(18)31(21-9-11-22(38)12-10-21)41-24(32-44-43-20(3)45(32)36)17-28(48)39-15-4-5-16-40-37(52)53-26-8-6-7-23-30(26)35(51)46(34(23)50)25-13-14-27(47)42-33(25)49/h6-12,24-25H,4-5,13-17H2,1-3H3,(H,39,48)(H,40,52)(H,42,47,49)/t24-,25?/m1/s1. The molecule has 1 fully saturated rings. The number of benzene rings is 2. The summed E-state index contributed by atoms with van der Waals surface area (Å²) < 4.78 is 7.38. The molecule has 0 saturated carbocycles. The van der Waals surface area contributed by atoms with Crippen molar-refractivity contribution in [1.29, 1.82) is 0 Å². The van der Waals surface area contributed by atoms with Gasteiger partial charge < -0.3 is 15.4 Å². The first-order valence-corrected chi connectivity index (χ1v) is 18.6. The summed E-state index contributed by atoms with van der Waals surface area (Å²) in [4.78, 5) is 83.3. The predicted octanol–water partition coefficient (Wildman–Crippen LogP) is 4.28. The summed E-state index contributed by atoms with van der Waals surface area (Å²) in [6.45, 7) is 6.55. The number of rotatable bonds is 10. The molecule has 2 atom stereocenters. The normalized spacial score (nSPS) is 17.6. The molecule has 2 aromatic heterocycles. The number of ether oxygens (including phenoxy) is 1. The summed E-state index contributed by atoms with van der Waals surface area (Å²) in [5.41, 5.74) is 3.57. The van der Waals surface area contributed by atoms with Crippen molar-refractivity contribution in [3.05, 3.63) is 91.8 Å². The van der Waals surface area contributed by atoms with Gasteiger partial charge in [-0.15, -0.1) is 21.5 Å². The molecule has 54 heavy (non-hydrogen) atoms. The number of fused-ring (bicyclic) bond motifs is 4. The van der Waals surface area contributed by atoms with Crippen LogP contribution in [0.3, 0.4) is 0 Å². The van der Waals surface area contributed by atoms with E-state index in [2.05, 4.69) is 40.0 Å². The van der Waals surface area contributed by atoms with E-state index in [9.17, 15) is 28.8 Å². The lowest BCUT2D eigenvalue weighted by atomic mass is 9.99. The van der Waals surface area contributed by atoms with Crippen molar-refractivity contribution >= 4 is 64.3 Å². The number of imide groups is 2. The summed E-state index contributed by atoms with van der Waals surface area (Å²) in [7, 11) is 0. The molecule has 15 nitrogen and oxygen atoms in total. The van der Waals surface area contributed by atoms with Crippen LogP contribution in [-0.4, -0.2) is 80.1 Å². The van der Waals surface area contributed by atoms with Gasteiger partial charge in [0.2, 0.25) is 17.7 Å².